The van der Waals surface area contributed by atoms with E-state index in [1.54, 1.807) is 24.3 Å². The average molecular weight is 331 g/mol. The van der Waals surface area contributed by atoms with Crippen LogP contribution in [-0.4, -0.2) is 28.8 Å². The molecule has 0 fully saturated rings. The third-order valence-corrected chi connectivity index (χ3v) is 3.57. The van der Waals surface area contributed by atoms with Crippen LogP contribution in [0.4, 0.5) is 23.7 Å². The first-order valence-corrected chi connectivity index (χ1v) is 7.28. The molecule has 0 saturated heterocycles. The van der Waals surface area contributed by atoms with E-state index in [-0.39, 0.29) is 17.7 Å². The lowest BCUT2D eigenvalue weighted by molar-refractivity contribution is -0.121. The molecule has 2 amide bonds. The molecule has 0 saturated carbocycles. The zero-order chi connectivity index (χ0) is 16.2. The van der Waals surface area contributed by atoms with Gasteiger partial charge in [0.05, 0.1) is 11.5 Å². The molecule has 0 atom stereocenters. The van der Waals surface area contributed by atoms with Crippen molar-refractivity contribution in [3.63, 3.8) is 0 Å². The lowest BCUT2D eigenvalue weighted by atomic mass is 10.0. The number of anilines is 1. The number of carbonyl (C=O) groups excluding carboxylic acids is 2. The fourth-order valence-corrected chi connectivity index (χ4v) is 2.21. The molecule has 0 radical (unpaired) electrons. The first-order chi connectivity index (χ1) is 10.3. The Morgan fingerprint density at radius 1 is 1.27 bits per heavy atom. The molecule has 1 heterocycles. The van der Waals surface area contributed by atoms with Crippen LogP contribution in [0.15, 0.2) is 29.4 Å². The molecule has 22 heavy (non-hydrogen) atoms. The standard InChI is InChI=1S/C13H12F3N3O2S/c14-13(15,16)7-22-12(21)17-9-3-1-8(2-4-9)10-5-6-11(20)19-18-10/h1-4H,5-7H2,(H,17,21)(H,19,20). The summed E-state index contributed by atoms with van der Waals surface area (Å²) >= 11 is 0.164. The largest absolute Gasteiger partial charge is 0.398 e. The van der Waals surface area contributed by atoms with Crippen LogP contribution in [0.25, 0.3) is 0 Å². The summed E-state index contributed by atoms with van der Waals surface area (Å²) < 4.78 is 36.0. The minimum Gasteiger partial charge on any atom is -0.317 e. The van der Waals surface area contributed by atoms with Gasteiger partial charge in [-0.25, -0.2) is 5.43 Å². The summed E-state index contributed by atoms with van der Waals surface area (Å²) in [5.41, 5.74) is 4.26. The second kappa shape index (κ2) is 6.82. The summed E-state index contributed by atoms with van der Waals surface area (Å²) in [4.78, 5) is 22.4. The molecule has 1 aliphatic rings. The van der Waals surface area contributed by atoms with Crippen molar-refractivity contribution in [2.45, 2.75) is 19.0 Å². The van der Waals surface area contributed by atoms with E-state index in [0.717, 1.165) is 5.56 Å². The van der Waals surface area contributed by atoms with Crippen LogP contribution in [0.5, 0.6) is 0 Å². The number of hydrogen-bond donors (Lipinski definition) is 2. The molecular weight excluding hydrogens is 319 g/mol. The molecule has 1 aliphatic heterocycles. The third kappa shape index (κ3) is 5.06. The Balaban J connectivity index is 1.92. The predicted octanol–water partition coefficient (Wildman–Crippen LogP) is 3.13. The Hall–Kier alpha value is -2.03. The first-order valence-electron chi connectivity index (χ1n) is 6.30. The van der Waals surface area contributed by atoms with E-state index in [2.05, 4.69) is 15.8 Å². The van der Waals surface area contributed by atoms with Gasteiger partial charge in [0.2, 0.25) is 5.91 Å². The Bertz CT molecular complexity index is 600. The second-order valence-electron chi connectivity index (χ2n) is 4.49. The lowest BCUT2D eigenvalue weighted by Gasteiger charge is -2.12. The molecule has 1 aromatic rings. The summed E-state index contributed by atoms with van der Waals surface area (Å²) in [6, 6.07) is 6.50. The van der Waals surface area contributed by atoms with Crippen LogP contribution in [0.1, 0.15) is 18.4 Å². The van der Waals surface area contributed by atoms with E-state index in [0.29, 0.717) is 24.2 Å². The number of nitrogens with zero attached hydrogens (tertiary/aromatic N) is 1. The molecule has 1 aromatic carbocycles. The zero-order valence-corrected chi connectivity index (χ0v) is 12.1. The van der Waals surface area contributed by atoms with Crippen molar-refractivity contribution in [1.82, 2.24) is 5.43 Å². The molecule has 0 unspecified atom stereocenters. The number of hydrogen-bond acceptors (Lipinski definition) is 4. The van der Waals surface area contributed by atoms with E-state index in [4.69, 9.17) is 0 Å². The maximum Gasteiger partial charge on any atom is 0.398 e. The number of benzene rings is 1. The highest BCUT2D eigenvalue weighted by atomic mass is 32.2. The fraction of sp³-hybridized carbons (Fsp3) is 0.308. The summed E-state index contributed by atoms with van der Waals surface area (Å²) in [5.74, 6) is -1.37. The number of alkyl halides is 3. The van der Waals surface area contributed by atoms with Crippen LogP contribution in [0.2, 0.25) is 0 Å². The van der Waals surface area contributed by atoms with Crippen molar-refractivity contribution in [1.29, 1.82) is 0 Å². The van der Waals surface area contributed by atoms with Crippen molar-refractivity contribution in [3.05, 3.63) is 29.8 Å². The minimum atomic E-state index is -4.38. The van der Waals surface area contributed by atoms with Gasteiger partial charge in [-0.05, 0) is 17.7 Å². The highest BCUT2D eigenvalue weighted by molar-refractivity contribution is 8.13. The molecule has 5 nitrogen and oxygen atoms in total. The molecule has 2 N–H and O–H groups in total. The minimum absolute atomic E-state index is 0.144. The number of amides is 2. The molecule has 9 heteroatoms. The molecule has 0 spiro atoms. The summed E-state index contributed by atoms with van der Waals surface area (Å²) in [5, 5.41) is 5.52. The maximum absolute atomic E-state index is 12.0. The number of halogens is 3. The first kappa shape index (κ1) is 16.3. The van der Waals surface area contributed by atoms with Crippen LogP contribution in [-0.2, 0) is 4.79 Å². The number of hydrazone groups is 1. The molecule has 0 bridgehead atoms. The van der Waals surface area contributed by atoms with E-state index in [9.17, 15) is 22.8 Å². The normalized spacial score (nSPS) is 15.0. The van der Waals surface area contributed by atoms with Crippen molar-refractivity contribution >= 4 is 34.3 Å². The van der Waals surface area contributed by atoms with Gasteiger partial charge >= 0.3 is 6.18 Å². The molecule has 118 valence electrons. The molecule has 0 aliphatic carbocycles. The van der Waals surface area contributed by atoms with Gasteiger partial charge in [-0.15, -0.1) is 0 Å². The van der Waals surface area contributed by atoms with E-state index in [1.165, 1.54) is 0 Å². The Morgan fingerprint density at radius 3 is 2.50 bits per heavy atom. The van der Waals surface area contributed by atoms with Gasteiger partial charge in [0.15, 0.2) is 0 Å². The number of thioether (sulfide) groups is 1. The van der Waals surface area contributed by atoms with Crippen LogP contribution >= 0.6 is 11.8 Å². The Morgan fingerprint density at radius 2 is 1.95 bits per heavy atom. The Labute approximate surface area is 128 Å². The van der Waals surface area contributed by atoms with Gasteiger partial charge in [-0.1, -0.05) is 23.9 Å². The van der Waals surface area contributed by atoms with E-state index < -0.39 is 17.2 Å². The smallest absolute Gasteiger partial charge is 0.317 e. The van der Waals surface area contributed by atoms with Crippen LogP contribution < -0.4 is 10.7 Å². The average Bonchev–Trinajstić information content (AvgIpc) is 2.46. The SMILES string of the molecule is O=C1CCC(c2ccc(NC(=O)SCC(F)(F)F)cc2)=NN1. The van der Waals surface area contributed by atoms with Crippen molar-refractivity contribution in [2.75, 3.05) is 11.1 Å². The number of rotatable bonds is 3. The fourth-order valence-electron chi connectivity index (χ4n) is 1.73. The molecule has 2 rings (SSSR count). The lowest BCUT2D eigenvalue weighted by Crippen LogP contribution is -2.25. The van der Waals surface area contributed by atoms with Crippen molar-refractivity contribution < 1.29 is 22.8 Å². The van der Waals surface area contributed by atoms with Gasteiger partial charge in [-0.3, -0.25) is 9.59 Å². The van der Waals surface area contributed by atoms with Crippen molar-refractivity contribution in [3.8, 4) is 0 Å². The molecule has 0 aromatic heterocycles. The van der Waals surface area contributed by atoms with Crippen molar-refractivity contribution in [2.24, 2.45) is 5.10 Å². The van der Waals surface area contributed by atoms with Gasteiger partial charge in [-0.2, -0.15) is 18.3 Å². The quantitative estimate of drug-likeness (QED) is 0.894. The topological polar surface area (TPSA) is 70.6 Å². The van der Waals surface area contributed by atoms with Crippen LogP contribution in [0, 0.1) is 0 Å². The van der Waals surface area contributed by atoms with Gasteiger partial charge in [0.25, 0.3) is 5.24 Å². The van der Waals surface area contributed by atoms with E-state index >= 15 is 0 Å². The monoisotopic (exact) mass is 331 g/mol. The zero-order valence-electron chi connectivity index (χ0n) is 11.2. The predicted molar refractivity (Wildman–Crippen MR) is 77.9 cm³/mol. The summed E-state index contributed by atoms with van der Waals surface area (Å²) in [6.07, 6.45) is -3.51. The van der Waals surface area contributed by atoms with Gasteiger partial charge in [0.1, 0.15) is 0 Å². The Kier molecular flexibility index (Phi) is 5.07. The summed E-state index contributed by atoms with van der Waals surface area (Å²) in [6.45, 7) is 0. The number of nitrogens with one attached hydrogen (secondary N) is 2. The van der Waals surface area contributed by atoms with Crippen LogP contribution in [0.3, 0.4) is 0 Å². The number of carbonyl (C=O) groups is 2. The maximum atomic E-state index is 12.0. The van der Waals surface area contributed by atoms with E-state index in [1.807, 2.05) is 0 Å². The highest BCUT2D eigenvalue weighted by Crippen LogP contribution is 2.23. The summed E-state index contributed by atoms with van der Waals surface area (Å²) in [7, 11) is 0. The second-order valence-corrected chi connectivity index (χ2v) is 5.44. The third-order valence-electron chi connectivity index (χ3n) is 2.74. The molecular formula is C13H12F3N3O2S. The van der Waals surface area contributed by atoms with Gasteiger partial charge < -0.3 is 5.32 Å². The highest BCUT2D eigenvalue weighted by Gasteiger charge is 2.28. The van der Waals surface area contributed by atoms with Gasteiger partial charge in [0, 0.05) is 18.5 Å².